The predicted molar refractivity (Wildman–Crippen MR) is 132 cm³/mol. The number of carbonyl (C=O) groups excluding carboxylic acids is 1. The number of aryl methyl sites for hydroxylation is 2. The molecule has 5 rings (SSSR count). The fraction of sp³-hybridized carbons (Fsp3) is 0.654. The molecule has 178 valence electrons. The maximum atomic E-state index is 13.3. The highest BCUT2D eigenvalue weighted by Crippen LogP contribution is 2.38. The molecule has 2 saturated carbocycles. The highest BCUT2D eigenvalue weighted by Gasteiger charge is 2.41. The second kappa shape index (κ2) is 9.03. The van der Waals surface area contributed by atoms with E-state index in [9.17, 15) is 9.59 Å². The van der Waals surface area contributed by atoms with Crippen LogP contribution < -0.4 is 16.2 Å². The standard InChI is InChI=1S/C26H35ClN4O2/c1-14-4-6-19(29-25(32)23-11-16-9-18(27)5-7-22(16)30-23)12-20(14)21-10-17-13-28-15(2)8-24(17)31(3)26(21)33/h8,10,13-14,16,18-20,22-23,30H,4-7,9,11-12H2,1-3H3,(H,29,32). The minimum absolute atomic E-state index is 0.0640. The number of rotatable bonds is 3. The molecule has 0 radical (unpaired) electrons. The van der Waals surface area contributed by atoms with Gasteiger partial charge in [-0.2, -0.15) is 0 Å². The molecule has 2 aromatic rings. The SMILES string of the molecule is Cc1cc2c(cn1)cc(C1CC(NC(=O)C3CC4CC(Cl)CCC4N3)CCC1C)c(=O)n2C. The van der Waals surface area contributed by atoms with E-state index in [0.29, 0.717) is 17.9 Å². The molecule has 2 N–H and O–H groups in total. The van der Waals surface area contributed by atoms with Gasteiger partial charge in [0.25, 0.3) is 5.56 Å². The van der Waals surface area contributed by atoms with Gasteiger partial charge in [-0.15, -0.1) is 11.6 Å². The van der Waals surface area contributed by atoms with E-state index in [1.54, 1.807) is 4.57 Å². The Balaban J connectivity index is 1.31. The number of amides is 1. The maximum Gasteiger partial charge on any atom is 0.254 e. The average molecular weight is 471 g/mol. The van der Waals surface area contributed by atoms with Crippen LogP contribution in [0.2, 0.25) is 0 Å². The van der Waals surface area contributed by atoms with Crippen molar-refractivity contribution in [2.75, 3.05) is 0 Å². The van der Waals surface area contributed by atoms with Gasteiger partial charge < -0.3 is 15.2 Å². The molecule has 0 spiro atoms. The summed E-state index contributed by atoms with van der Waals surface area (Å²) in [4.78, 5) is 30.8. The Morgan fingerprint density at radius 2 is 2.00 bits per heavy atom. The van der Waals surface area contributed by atoms with E-state index in [1.165, 1.54) is 0 Å². The Morgan fingerprint density at radius 1 is 1.18 bits per heavy atom. The van der Waals surface area contributed by atoms with Crippen LogP contribution in [0.4, 0.5) is 0 Å². The first kappa shape index (κ1) is 22.9. The number of carbonyl (C=O) groups is 1. The van der Waals surface area contributed by atoms with Crippen LogP contribution in [0.25, 0.3) is 10.9 Å². The average Bonchev–Trinajstić information content (AvgIpc) is 3.21. The molecule has 33 heavy (non-hydrogen) atoms. The minimum atomic E-state index is -0.123. The van der Waals surface area contributed by atoms with Gasteiger partial charge in [0.05, 0.1) is 11.6 Å². The molecule has 1 amide bonds. The third-order valence-electron chi connectivity index (χ3n) is 8.40. The van der Waals surface area contributed by atoms with Gasteiger partial charge in [-0.1, -0.05) is 6.92 Å². The lowest BCUT2D eigenvalue weighted by atomic mass is 9.74. The smallest absolute Gasteiger partial charge is 0.254 e. The molecule has 3 aliphatic rings. The van der Waals surface area contributed by atoms with Gasteiger partial charge in [-0.05, 0) is 81.8 Å². The van der Waals surface area contributed by atoms with Crippen LogP contribution in [0.15, 0.2) is 23.1 Å². The first-order valence-electron chi connectivity index (χ1n) is 12.5. The molecule has 3 heterocycles. The number of aromatic nitrogens is 2. The molecule has 1 saturated heterocycles. The fourth-order valence-electron chi connectivity index (χ4n) is 6.44. The summed E-state index contributed by atoms with van der Waals surface area (Å²) >= 11 is 6.36. The highest BCUT2D eigenvalue weighted by molar-refractivity contribution is 6.20. The second-order valence-electron chi connectivity index (χ2n) is 10.7. The summed E-state index contributed by atoms with van der Waals surface area (Å²) in [6.07, 6.45) is 8.59. The summed E-state index contributed by atoms with van der Waals surface area (Å²) in [5.74, 6) is 1.15. The molecule has 3 fully saturated rings. The number of nitrogens with zero attached hydrogens (tertiary/aromatic N) is 2. The zero-order chi connectivity index (χ0) is 23.3. The van der Waals surface area contributed by atoms with E-state index < -0.39 is 0 Å². The van der Waals surface area contributed by atoms with Crippen LogP contribution in [-0.4, -0.2) is 39.0 Å². The first-order valence-corrected chi connectivity index (χ1v) is 12.9. The second-order valence-corrected chi connectivity index (χ2v) is 11.3. The Morgan fingerprint density at radius 3 is 2.82 bits per heavy atom. The van der Waals surface area contributed by atoms with Crippen molar-refractivity contribution in [3.63, 3.8) is 0 Å². The zero-order valence-electron chi connectivity index (χ0n) is 19.8. The summed E-state index contributed by atoms with van der Waals surface area (Å²) in [6.45, 7) is 4.17. The van der Waals surface area contributed by atoms with Crippen molar-refractivity contribution in [3.8, 4) is 0 Å². The van der Waals surface area contributed by atoms with Gasteiger partial charge >= 0.3 is 0 Å². The molecule has 6 nitrogen and oxygen atoms in total. The van der Waals surface area contributed by atoms with E-state index in [2.05, 4.69) is 22.5 Å². The van der Waals surface area contributed by atoms with E-state index >= 15 is 0 Å². The Kier molecular flexibility index (Phi) is 6.25. The van der Waals surface area contributed by atoms with Crippen LogP contribution in [0.5, 0.6) is 0 Å². The predicted octanol–water partition coefficient (Wildman–Crippen LogP) is 3.77. The van der Waals surface area contributed by atoms with Crippen LogP contribution in [0.1, 0.15) is 69.0 Å². The zero-order valence-corrected chi connectivity index (χ0v) is 20.6. The molecular formula is C26H35ClN4O2. The number of nitrogens with one attached hydrogen (secondary N) is 2. The van der Waals surface area contributed by atoms with Crippen molar-refractivity contribution in [1.82, 2.24) is 20.2 Å². The van der Waals surface area contributed by atoms with Crippen molar-refractivity contribution in [2.45, 2.75) is 88.2 Å². The number of pyridine rings is 2. The van der Waals surface area contributed by atoms with Gasteiger partial charge in [-0.3, -0.25) is 14.6 Å². The van der Waals surface area contributed by atoms with Gasteiger partial charge in [0.1, 0.15) is 0 Å². The van der Waals surface area contributed by atoms with E-state index in [4.69, 9.17) is 11.6 Å². The summed E-state index contributed by atoms with van der Waals surface area (Å²) in [7, 11) is 1.84. The number of halogens is 1. The number of hydrogen-bond acceptors (Lipinski definition) is 4. The molecule has 7 unspecified atom stereocenters. The summed E-state index contributed by atoms with van der Waals surface area (Å²) in [5.41, 5.74) is 2.73. The van der Waals surface area contributed by atoms with E-state index in [-0.39, 0.29) is 34.8 Å². The molecule has 0 aromatic carbocycles. The molecule has 2 aliphatic carbocycles. The number of alkyl halides is 1. The Labute approximate surface area is 200 Å². The molecule has 1 aliphatic heterocycles. The molecular weight excluding hydrogens is 436 g/mol. The maximum absolute atomic E-state index is 13.3. The molecule has 2 aromatic heterocycles. The number of fused-ring (bicyclic) bond motifs is 2. The first-order chi connectivity index (χ1) is 15.8. The quantitative estimate of drug-likeness (QED) is 0.669. The summed E-state index contributed by atoms with van der Waals surface area (Å²) < 4.78 is 1.75. The Hall–Kier alpha value is -1.92. The lowest BCUT2D eigenvalue weighted by Crippen LogP contribution is -2.48. The molecule has 0 bridgehead atoms. The normalized spacial score (nSPS) is 34.2. The third-order valence-corrected chi connectivity index (χ3v) is 8.80. The van der Waals surface area contributed by atoms with Crippen molar-refractivity contribution in [2.24, 2.45) is 18.9 Å². The van der Waals surface area contributed by atoms with Crippen molar-refractivity contribution >= 4 is 28.4 Å². The lowest BCUT2D eigenvalue weighted by molar-refractivity contribution is -0.123. The fourth-order valence-corrected chi connectivity index (χ4v) is 6.80. The van der Waals surface area contributed by atoms with Crippen LogP contribution in [0.3, 0.4) is 0 Å². The van der Waals surface area contributed by atoms with E-state index in [1.807, 2.05) is 32.3 Å². The lowest BCUT2D eigenvalue weighted by Gasteiger charge is -2.35. The topological polar surface area (TPSA) is 76.0 Å². The van der Waals surface area contributed by atoms with E-state index in [0.717, 1.165) is 67.1 Å². The number of hydrogen-bond donors (Lipinski definition) is 2. The van der Waals surface area contributed by atoms with Crippen molar-refractivity contribution < 1.29 is 4.79 Å². The van der Waals surface area contributed by atoms with Crippen molar-refractivity contribution in [3.05, 3.63) is 39.9 Å². The van der Waals surface area contributed by atoms with Crippen LogP contribution in [0, 0.1) is 18.8 Å². The monoisotopic (exact) mass is 470 g/mol. The van der Waals surface area contributed by atoms with Gasteiger partial charge in [0.15, 0.2) is 0 Å². The van der Waals surface area contributed by atoms with Crippen molar-refractivity contribution in [1.29, 1.82) is 0 Å². The van der Waals surface area contributed by atoms with Gasteiger partial charge in [-0.25, -0.2) is 0 Å². The molecule has 7 heteroatoms. The van der Waals surface area contributed by atoms with Crippen LogP contribution >= 0.6 is 11.6 Å². The molecule has 7 atom stereocenters. The van der Waals surface area contributed by atoms with Gasteiger partial charge in [0.2, 0.25) is 5.91 Å². The summed E-state index contributed by atoms with van der Waals surface area (Å²) in [5, 5.41) is 8.13. The highest BCUT2D eigenvalue weighted by atomic mass is 35.5. The minimum Gasteiger partial charge on any atom is -0.352 e. The van der Waals surface area contributed by atoms with Gasteiger partial charge in [0, 0.05) is 47.3 Å². The third kappa shape index (κ3) is 4.44. The van der Waals surface area contributed by atoms with Crippen LogP contribution in [-0.2, 0) is 11.8 Å². The Bertz CT molecular complexity index is 1120. The summed E-state index contributed by atoms with van der Waals surface area (Å²) in [6, 6.07) is 4.39. The largest absolute Gasteiger partial charge is 0.352 e.